The van der Waals surface area contributed by atoms with Crippen molar-refractivity contribution >= 4 is 0 Å². The molecule has 0 aromatic heterocycles. The van der Waals surface area contributed by atoms with Crippen molar-refractivity contribution in [1.29, 1.82) is 5.26 Å². The average Bonchev–Trinajstić information content (AvgIpc) is 2.21. The van der Waals surface area contributed by atoms with Gasteiger partial charge in [-0.15, -0.1) is 0 Å². The summed E-state index contributed by atoms with van der Waals surface area (Å²) in [7, 11) is 0. The number of ether oxygens (including phenoxy) is 1. The predicted molar refractivity (Wildman–Crippen MR) is 67.6 cm³/mol. The summed E-state index contributed by atoms with van der Waals surface area (Å²) >= 11 is 0. The maximum absolute atomic E-state index is 8.77. The van der Waals surface area contributed by atoms with Crippen LogP contribution in [0.25, 0.3) is 0 Å². The first-order valence-electron chi connectivity index (χ1n) is 5.72. The fourth-order valence-corrected chi connectivity index (χ4v) is 1.07. The normalized spacial score (nSPS) is 9.06. The van der Waals surface area contributed by atoms with E-state index in [1.165, 1.54) is 6.42 Å². The summed E-state index contributed by atoms with van der Waals surface area (Å²) in [6.45, 7) is 10.1. The first-order valence-corrected chi connectivity index (χ1v) is 5.72. The summed E-state index contributed by atoms with van der Waals surface area (Å²) in [4.78, 5) is 0. The highest BCUT2D eigenvalue weighted by Crippen LogP contribution is 2.17. The minimum Gasteiger partial charge on any atom is -0.491 e. The van der Waals surface area contributed by atoms with Crippen molar-refractivity contribution in [1.82, 2.24) is 0 Å². The second-order valence-corrected chi connectivity index (χ2v) is 3.96. The topological polar surface area (TPSA) is 33.0 Å². The Morgan fingerprint density at radius 3 is 2.31 bits per heavy atom. The molecule has 0 N–H and O–H groups in total. The number of nitriles is 1. The van der Waals surface area contributed by atoms with Crippen molar-refractivity contribution in [2.75, 3.05) is 0 Å². The Kier molecular flexibility index (Phi) is 7.03. The second kappa shape index (κ2) is 7.76. The van der Waals surface area contributed by atoms with Gasteiger partial charge in [-0.25, -0.2) is 0 Å². The molecule has 0 fully saturated rings. The Balaban J connectivity index is 0.000000673. The number of aryl methyl sites for hydroxylation is 1. The second-order valence-electron chi connectivity index (χ2n) is 3.96. The average molecular weight is 219 g/mol. The van der Waals surface area contributed by atoms with Gasteiger partial charge >= 0.3 is 0 Å². The number of hydrogen-bond donors (Lipinski definition) is 0. The van der Waals surface area contributed by atoms with Gasteiger partial charge in [0.2, 0.25) is 0 Å². The lowest BCUT2D eigenvalue weighted by Crippen LogP contribution is -2.05. The van der Waals surface area contributed by atoms with Gasteiger partial charge in [0.15, 0.2) is 0 Å². The number of benzene rings is 1. The summed E-state index contributed by atoms with van der Waals surface area (Å²) in [6.07, 6.45) is 1.40. The molecule has 2 heteroatoms. The molecule has 0 radical (unpaired) electrons. The number of rotatable bonds is 2. The van der Waals surface area contributed by atoms with Gasteiger partial charge in [-0.05, 0) is 38.5 Å². The van der Waals surface area contributed by atoms with Crippen molar-refractivity contribution in [3.63, 3.8) is 0 Å². The molecule has 0 aliphatic rings. The molecule has 0 amide bonds. The Morgan fingerprint density at radius 1 is 1.31 bits per heavy atom. The van der Waals surface area contributed by atoms with E-state index >= 15 is 0 Å². The van der Waals surface area contributed by atoms with Crippen LogP contribution in [0, 0.1) is 18.3 Å². The van der Waals surface area contributed by atoms with E-state index < -0.39 is 0 Å². The van der Waals surface area contributed by atoms with E-state index in [0.29, 0.717) is 5.56 Å². The molecular weight excluding hydrogens is 198 g/mol. The van der Waals surface area contributed by atoms with Gasteiger partial charge in [0, 0.05) is 0 Å². The molecule has 1 aromatic carbocycles. The molecule has 0 atom stereocenters. The Hall–Kier alpha value is -1.49. The maximum Gasteiger partial charge on any atom is 0.121 e. The minimum atomic E-state index is 0.147. The molecule has 16 heavy (non-hydrogen) atoms. The zero-order valence-electron chi connectivity index (χ0n) is 10.9. The zero-order valence-corrected chi connectivity index (χ0v) is 10.9. The third kappa shape index (κ3) is 5.41. The molecule has 0 saturated heterocycles. The largest absolute Gasteiger partial charge is 0.491 e. The van der Waals surface area contributed by atoms with Gasteiger partial charge in [0.05, 0.1) is 17.7 Å². The smallest absolute Gasteiger partial charge is 0.121 e. The van der Waals surface area contributed by atoms with Crippen LogP contribution >= 0.6 is 0 Å². The molecule has 0 spiro atoms. The van der Waals surface area contributed by atoms with Crippen molar-refractivity contribution in [3.8, 4) is 11.8 Å². The highest BCUT2D eigenvalue weighted by molar-refractivity contribution is 5.42. The van der Waals surface area contributed by atoms with Crippen LogP contribution in [-0.2, 0) is 0 Å². The van der Waals surface area contributed by atoms with Gasteiger partial charge in [0.25, 0.3) is 0 Å². The summed E-state index contributed by atoms with van der Waals surface area (Å²) < 4.78 is 5.46. The molecule has 88 valence electrons. The van der Waals surface area contributed by atoms with Crippen LogP contribution in [0.5, 0.6) is 5.75 Å². The first-order chi connectivity index (χ1) is 7.54. The number of hydrogen-bond acceptors (Lipinski definition) is 2. The molecular formula is C14H21NO. The fourth-order valence-electron chi connectivity index (χ4n) is 1.07. The van der Waals surface area contributed by atoms with Gasteiger partial charge in [0.1, 0.15) is 5.75 Å². The molecule has 0 saturated carbocycles. The SMILES string of the molecule is CCC.Cc1ccc(OC(C)C)cc1C#N. The Bertz CT molecular complexity index is 350. The molecule has 0 heterocycles. The quantitative estimate of drug-likeness (QED) is 0.751. The molecule has 0 unspecified atom stereocenters. The molecule has 1 aromatic rings. The van der Waals surface area contributed by atoms with Crippen LogP contribution in [0.15, 0.2) is 18.2 Å². The van der Waals surface area contributed by atoms with E-state index in [1.54, 1.807) is 6.07 Å². The third-order valence-electron chi connectivity index (χ3n) is 1.70. The van der Waals surface area contributed by atoms with E-state index in [0.717, 1.165) is 11.3 Å². The monoisotopic (exact) mass is 219 g/mol. The Morgan fingerprint density at radius 2 is 1.88 bits per heavy atom. The lowest BCUT2D eigenvalue weighted by molar-refractivity contribution is 0.242. The standard InChI is InChI=1S/C11H13NO.C3H8/c1-8(2)13-11-5-4-9(3)10(6-11)7-12;1-3-2/h4-6,8H,1-3H3;3H2,1-2H3. The van der Waals surface area contributed by atoms with Gasteiger partial charge in [-0.1, -0.05) is 26.3 Å². The third-order valence-corrected chi connectivity index (χ3v) is 1.70. The van der Waals surface area contributed by atoms with Crippen LogP contribution < -0.4 is 4.74 Å². The van der Waals surface area contributed by atoms with Crippen LogP contribution in [0.2, 0.25) is 0 Å². The van der Waals surface area contributed by atoms with Crippen LogP contribution in [0.3, 0.4) is 0 Å². The van der Waals surface area contributed by atoms with E-state index in [2.05, 4.69) is 19.9 Å². The van der Waals surface area contributed by atoms with Crippen LogP contribution in [0.4, 0.5) is 0 Å². The molecule has 2 nitrogen and oxygen atoms in total. The zero-order chi connectivity index (χ0) is 12.6. The highest BCUT2D eigenvalue weighted by atomic mass is 16.5. The summed E-state index contributed by atoms with van der Waals surface area (Å²) in [5, 5.41) is 8.77. The molecule has 0 aliphatic heterocycles. The predicted octanol–water partition coefficient (Wildman–Crippen LogP) is 4.07. The molecule has 1 rings (SSSR count). The summed E-state index contributed by atoms with van der Waals surface area (Å²) in [6, 6.07) is 7.69. The van der Waals surface area contributed by atoms with Crippen LogP contribution in [0.1, 0.15) is 45.2 Å². The van der Waals surface area contributed by atoms with Gasteiger partial charge in [-0.3, -0.25) is 0 Å². The fraction of sp³-hybridized carbons (Fsp3) is 0.500. The Labute approximate surface area is 98.9 Å². The van der Waals surface area contributed by atoms with E-state index in [9.17, 15) is 0 Å². The first kappa shape index (κ1) is 14.5. The summed E-state index contributed by atoms with van der Waals surface area (Å²) in [5.41, 5.74) is 1.66. The van der Waals surface area contributed by atoms with E-state index in [1.807, 2.05) is 32.9 Å². The summed E-state index contributed by atoms with van der Waals surface area (Å²) in [5.74, 6) is 0.761. The van der Waals surface area contributed by atoms with E-state index in [-0.39, 0.29) is 6.10 Å². The van der Waals surface area contributed by atoms with Crippen molar-refractivity contribution in [2.45, 2.75) is 47.1 Å². The highest BCUT2D eigenvalue weighted by Gasteiger charge is 2.01. The van der Waals surface area contributed by atoms with Crippen molar-refractivity contribution in [3.05, 3.63) is 29.3 Å². The van der Waals surface area contributed by atoms with Gasteiger partial charge in [-0.2, -0.15) is 5.26 Å². The van der Waals surface area contributed by atoms with Gasteiger partial charge < -0.3 is 4.74 Å². The maximum atomic E-state index is 8.77. The van der Waals surface area contributed by atoms with Crippen molar-refractivity contribution in [2.24, 2.45) is 0 Å². The van der Waals surface area contributed by atoms with Crippen LogP contribution in [-0.4, -0.2) is 6.10 Å². The molecule has 0 bridgehead atoms. The van der Waals surface area contributed by atoms with Crippen molar-refractivity contribution < 1.29 is 4.74 Å². The van der Waals surface area contributed by atoms with E-state index in [4.69, 9.17) is 10.00 Å². The minimum absolute atomic E-state index is 0.147. The molecule has 0 aliphatic carbocycles. The lowest BCUT2D eigenvalue weighted by Gasteiger charge is -2.10. The lowest BCUT2D eigenvalue weighted by atomic mass is 10.1. The number of nitrogens with zero attached hydrogens (tertiary/aromatic N) is 1.